The highest BCUT2D eigenvalue weighted by molar-refractivity contribution is 5.89. The van der Waals surface area contributed by atoms with Crippen LogP contribution in [0.4, 0.5) is 14.9 Å². The normalized spacial score (nSPS) is 18.5. The average molecular weight is 607 g/mol. The first kappa shape index (κ1) is 35.2. The second-order valence-electron chi connectivity index (χ2n) is 11.6. The zero-order chi connectivity index (χ0) is 32.0. The van der Waals surface area contributed by atoms with Crippen molar-refractivity contribution in [2.45, 2.75) is 65.4 Å². The Balaban J connectivity index is 1.72. The summed E-state index contributed by atoms with van der Waals surface area (Å²) in [5.74, 6) is -0.397. The third-order valence-corrected chi connectivity index (χ3v) is 8.37. The summed E-state index contributed by atoms with van der Waals surface area (Å²) < 4.78 is 31.5. The molecule has 6 nitrogen and oxygen atoms in total. The summed E-state index contributed by atoms with van der Waals surface area (Å²) in [5, 5.41) is 0. The zero-order valence-electron chi connectivity index (χ0n) is 27.2. The monoisotopic (exact) mass is 606 g/mol. The number of unbranched alkanes of at least 4 members (excludes halogenated alkanes) is 1. The number of ether oxygens (including phenoxy) is 3. The molecule has 1 spiro atoms. The maximum absolute atomic E-state index is 13.7. The molecule has 0 N–H and O–H groups in total. The molecule has 3 rings (SSSR count). The van der Waals surface area contributed by atoms with Crippen LogP contribution in [-0.2, 0) is 14.2 Å². The maximum atomic E-state index is 13.7. The van der Waals surface area contributed by atoms with Crippen LogP contribution < -0.4 is 4.90 Å². The number of allylic oxidation sites excluding steroid dienone is 5. The number of benzene rings is 1. The van der Waals surface area contributed by atoms with Gasteiger partial charge in [-0.05, 0) is 73.3 Å². The van der Waals surface area contributed by atoms with E-state index in [9.17, 15) is 9.18 Å². The minimum absolute atomic E-state index is 0.253. The largest absolute Gasteiger partial charge is 0.442 e. The van der Waals surface area contributed by atoms with Crippen LogP contribution in [0.25, 0.3) is 0 Å². The molecule has 0 unspecified atom stereocenters. The van der Waals surface area contributed by atoms with Gasteiger partial charge in [0.15, 0.2) is 0 Å². The van der Waals surface area contributed by atoms with Gasteiger partial charge in [-0.3, -0.25) is 9.80 Å². The molecule has 1 amide bonds. The molecule has 2 saturated heterocycles. The number of piperidine rings is 1. The van der Waals surface area contributed by atoms with Crippen molar-refractivity contribution in [3.05, 3.63) is 101 Å². The van der Waals surface area contributed by atoms with E-state index in [1.165, 1.54) is 12.2 Å². The smallest absolute Gasteiger partial charge is 0.414 e. The average Bonchev–Trinajstić information content (AvgIpc) is 3.02. The number of anilines is 1. The van der Waals surface area contributed by atoms with E-state index in [4.69, 9.17) is 14.2 Å². The van der Waals surface area contributed by atoms with Gasteiger partial charge in [-0.2, -0.15) is 0 Å². The molecule has 44 heavy (non-hydrogen) atoms. The summed E-state index contributed by atoms with van der Waals surface area (Å²) in [5.41, 5.74) is 5.28. The minimum atomic E-state index is -0.416. The van der Waals surface area contributed by atoms with Gasteiger partial charge in [0.2, 0.25) is 0 Å². The molecule has 0 bridgehead atoms. The maximum Gasteiger partial charge on any atom is 0.414 e. The van der Waals surface area contributed by atoms with Gasteiger partial charge in [-0.25, -0.2) is 9.18 Å². The SMILES string of the molecule is C=C/C(F)=C\C=C(/C)C(=C)/C(=C\C(=C/COCCCC)CN1CCC2(CC1)CCN(c1ccccc1C)C(=O)O2)COCC. The quantitative estimate of drug-likeness (QED) is 0.140. The number of para-hydroxylation sites is 1. The third kappa shape index (κ3) is 10.4. The van der Waals surface area contributed by atoms with Crippen LogP contribution in [0.15, 0.2) is 95.9 Å². The molecule has 7 heteroatoms. The van der Waals surface area contributed by atoms with Crippen LogP contribution in [-0.4, -0.2) is 69.2 Å². The number of halogens is 1. The van der Waals surface area contributed by atoms with E-state index < -0.39 is 11.4 Å². The van der Waals surface area contributed by atoms with Gasteiger partial charge in [-0.15, -0.1) is 0 Å². The van der Waals surface area contributed by atoms with Crippen LogP contribution >= 0.6 is 0 Å². The van der Waals surface area contributed by atoms with Crippen LogP contribution in [0.1, 0.15) is 58.4 Å². The number of rotatable bonds is 16. The lowest BCUT2D eigenvalue weighted by Gasteiger charge is -2.46. The molecule has 1 aromatic rings. The predicted octanol–water partition coefficient (Wildman–Crippen LogP) is 8.42. The number of carbonyl (C=O) groups excluding carboxylic acids is 1. The fourth-order valence-corrected chi connectivity index (χ4v) is 5.46. The number of hydrogen-bond acceptors (Lipinski definition) is 5. The number of carbonyl (C=O) groups is 1. The molecule has 0 saturated carbocycles. The molecule has 2 heterocycles. The highest BCUT2D eigenvalue weighted by Gasteiger charge is 2.43. The van der Waals surface area contributed by atoms with E-state index in [1.807, 2.05) is 45.0 Å². The molecular weight excluding hydrogens is 555 g/mol. The number of likely N-dealkylation sites (tertiary alicyclic amines) is 1. The molecule has 240 valence electrons. The Morgan fingerprint density at radius 2 is 1.84 bits per heavy atom. The van der Waals surface area contributed by atoms with Gasteiger partial charge < -0.3 is 14.2 Å². The van der Waals surface area contributed by atoms with Gasteiger partial charge in [0, 0.05) is 64.3 Å². The minimum Gasteiger partial charge on any atom is -0.442 e. The molecule has 0 atom stereocenters. The van der Waals surface area contributed by atoms with Gasteiger partial charge in [-0.1, -0.05) is 62.9 Å². The Morgan fingerprint density at radius 3 is 2.50 bits per heavy atom. The summed E-state index contributed by atoms with van der Waals surface area (Å²) >= 11 is 0. The summed E-state index contributed by atoms with van der Waals surface area (Å²) in [4.78, 5) is 17.3. The summed E-state index contributed by atoms with van der Waals surface area (Å²) in [7, 11) is 0. The lowest BCUT2D eigenvalue weighted by molar-refractivity contribution is -0.0468. The van der Waals surface area contributed by atoms with Crippen molar-refractivity contribution in [1.29, 1.82) is 0 Å². The first-order valence-corrected chi connectivity index (χ1v) is 15.9. The highest BCUT2D eigenvalue weighted by atomic mass is 19.1. The number of nitrogens with zero attached hydrogens (tertiary/aromatic N) is 2. The topological polar surface area (TPSA) is 51.2 Å². The fraction of sp³-hybridized carbons (Fsp3) is 0.486. The molecule has 0 radical (unpaired) electrons. The van der Waals surface area contributed by atoms with Gasteiger partial charge in [0.1, 0.15) is 11.4 Å². The molecular formula is C37H51FN2O4. The van der Waals surface area contributed by atoms with Crippen molar-refractivity contribution in [2.24, 2.45) is 0 Å². The molecule has 2 aliphatic rings. The van der Waals surface area contributed by atoms with Crippen molar-refractivity contribution < 1.29 is 23.4 Å². The number of amides is 1. The Bertz CT molecular complexity index is 1250. The van der Waals surface area contributed by atoms with Crippen molar-refractivity contribution in [2.75, 3.05) is 57.5 Å². The van der Waals surface area contributed by atoms with E-state index in [-0.39, 0.29) is 6.09 Å². The molecule has 1 aromatic carbocycles. The summed E-state index contributed by atoms with van der Waals surface area (Å²) in [6.07, 6.45) is 12.8. The number of aryl methyl sites for hydroxylation is 1. The van der Waals surface area contributed by atoms with Crippen LogP contribution in [0, 0.1) is 6.92 Å². The lowest BCUT2D eigenvalue weighted by atomic mass is 9.86. The molecule has 0 aromatic heterocycles. The molecule has 2 aliphatic heterocycles. The summed E-state index contributed by atoms with van der Waals surface area (Å²) in [6, 6.07) is 7.94. The first-order chi connectivity index (χ1) is 21.2. The lowest BCUT2D eigenvalue weighted by Crippen LogP contribution is -2.55. The van der Waals surface area contributed by atoms with Gasteiger partial charge >= 0.3 is 6.09 Å². The van der Waals surface area contributed by atoms with E-state index in [0.29, 0.717) is 26.4 Å². The Morgan fingerprint density at radius 1 is 1.11 bits per heavy atom. The van der Waals surface area contributed by atoms with Crippen molar-refractivity contribution >= 4 is 11.8 Å². The van der Waals surface area contributed by atoms with Crippen molar-refractivity contribution in [1.82, 2.24) is 4.90 Å². The van der Waals surface area contributed by atoms with Gasteiger partial charge in [0.25, 0.3) is 0 Å². The Labute approximate surface area is 264 Å². The van der Waals surface area contributed by atoms with Crippen LogP contribution in [0.3, 0.4) is 0 Å². The van der Waals surface area contributed by atoms with Gasteiger partial charge in [0.05, 0.1) is 13.2 Å². The second-order valence-corrected chi connectivity index (χ2v) is 11.6. The number of hydrogen-bond donors (Lipinski definition) is 0. The van der Waals surface area contributed by atoms with Crippen LogP contribution in [0.2, 0.25) is 0 Å². The molecule has 2 fully saturated rings. The third-order valence-electron chi connectivity index (χ3n) is 8.37. The predicted molar refractivity (Wildman–Crippen MR) is 179 cm³/mol. The van der Waals surface area contributed by atoms with E-state index >= 15 is 0 Å². The second kappa shape index (κ2) is 17.9. The van der Waals surface area contributed by atoms with Crippen molar-refractivity contribution in [3.8, 4) is 0 Å². The standard InChI is InChI=1S/C37H51FN2O4/c1-7-10-24-43-25-17-32(26-33(28-42-9-3)31(6)29(4)15-16-34(38)8-2)27-39-21-18-37(19-22-39)20-23-40(36(41)44-37)35-14-12-11-13-30(35)5/h8,11-17,26H,2,6-7,9-10,18-25,27-28H2,1,3-5H3/b29-15+,32-17+,33-26-,34-16+. The summed E-state index contributed by atoms with van der Waals surface area (Å²) in [6.45, 7) is 21.1. The highest BCUT2D eigenvalue weighted by Crippen LogP contribution is 2.36. The first-order valence-electron chi connectivity index (χ1n) is 15.9. The Hall–Kier alpha value is -3.26. The Kier molecular flexibility index (Phi) is 14.3. The van der Waals surface area contributed by atoms with E-state index in [0.717, 1.165) is 91.9 Å². The van der Waals surface area contributed by atoms with E-state index in [1.54, 1.807) is 11.0 Å². The zero-order valence-corrected chi connectivity index (χ0v) is 27.2. The van der Waals surface area contributed by atoms with Crippen LogP contribution in [0.5, 0.6) is 0 Å². The van der Waals surface area contributed by atoms with Crippen molar-refractivity contribution in [3.63, 3.8) is 0 Å². The van der Waals surface area contributed by atoms with E-state index in [2.05, 4.69) is 37.1 Å². The fourth-order valence-electron chi connectivity index (χ4n) is 5.46. The molecule has 0 aliphatic carbocycles.